The average molecular weight is 227 g/mol. The van der Waals surface area contributed by atoms with Gasteiger partial charge in [-0.3, -0.25) is 0 Å². The van der Waals surface area contributed by atoms with Gasteiger partial charge in [-0.15, -0.1) is 0 Å². The smallest absolute Gasteiger partial charge is 0.212 e. The van der Waals surface area contributed by atoms with E-state index in [-0.39, 0.29) is 6.04 Å². The Labute approximate surface area is 91.6 Å². The maximum absolute atomic E-state index is 11.8. The van der Waals surface area contributed by atoms with E-state index in [0.717, 1.165) is 5.56 Å². The van der Waals surface area contributed by atoms with Gasteiger partial charge in [-0.2, -0.15) is 0 Å². The Morgan fingerprint density at radius 2 is 1.60 bits per heavy atom. The normalized spacial score (nSPS) is 14.1. The minimum Gasteiger partial charge on any atom is -0.212 e. The molecule has 1 unspecified atom stereocenters. The number of rotatable bonds is 4. The molecule has 0 aliphatic heterocycles. The summed E-state index contributed by atoms with van der Waals surface area (Å²) in [7, 11) is -3.26. The minimum absolute atomic E-state index is 0.0684. The van der Waals surface area contributed by atoms with Gasteiger partial charge in [0.2, 0.25) is 10.0 Å². The van der Waals surface area contributed by atoms with Gasteiger partial charge in [0.25, 0.3) is 0 Å². The second kappa shape index (κ2) is 4.77. The van der Waals surface area contributed by atoms with E-state index in [9.17, 15) is 8.42 Å². The van der Waals surface area contributed by atoms with Gasteiger partial charge in [0.15, 0.2) is 0 Å². The molecule has 0 spiro atoms. The molecule has 0 aromatic heterocycles. The molecule has 3 nitrogen and oxygen atoms in total. The van der Waals surface area contributed by atoms with Gasteiger partial charge >= 0.3 is 0 Å². The summed E-state index contributed by atoms with van der Waals surface area (Å²) in [6.07, 6.45) is 0. The molecule has 1 N–H and O–H groups in total. The molecule has 1 aromatic rings. The van der Waals surface area contributed by atoms with Crippen molar-refractivity contribution in [3.8, 4) is 0 Å². The number of hydrogen-bond donors (Lipinski definition) is 1. The van der Waals surface area contributed by atoms with Gasteiger partial charge in [0.1, 0.15) is 0 Å². The summed E-state index contributed by atoms with van der Waals surface area (Å²) >= 11 is 0. The lowest BCUT2D eigenvalue weighted by molar-refractivity contribution is 0.559. The van der Waals surface area contributed by atoms with Crippen LogP contribution in [-0.4, -0.2) is 14.5 Å². The lowest BCUT2D eigenvalue weighted by atomic mass is 10.2. The van der Waals surface area contributed by atoms with Crippen LogP contribution in [-0.2, 0) is 10.0 Å². The van der Waals surface area contributed by atoms with Crippen molar-refractivity contribution in [1.29, 1.82) is 0 Å². The predicted octanol–water partition coefficient (Wildman–Crippen LogP) is 2.08. The van der Waals surface area contributed by atoms with Crippen LogP contribution in [0.3, 0.4) is 0 Å². The summed E-state index contributed by atoms with van der Waals surface area (Å²) in [5.41, 5.74) is 0.811. The van der Waals surface area contributed by atoms with Crippen molar-refractivity contribution in [3.05, 3.63) is 35.9 Å². The van der Waals surface area contributed by atoms with Crippen molar-refractivity contribution in [1.82, 2.24) is 4.72 Å². The van der Waals surface area contributed by atoms with E-state index in [1.165, 1.54) is 0 Å². The zero-order valence-corrected chi connectivity index (χ0v) is 10.1. The number of nitrogens with one attached hydrogen (secondary N) is 1. The van der Waals surface area contributed by atoms with Gasteiger partial charge in [-0.25, -0.2) is 13.1 Å². The third-order valence-corrected chi connectivity index (χ3v) is 4.14. The molecule has 0 radical (unpaired) electrons. The first-order valence-electron chi connectivity index (χ1n) is 4.99. The fourth-order valence-electron chi connectivity index (χ4n) is 1.33. The van der Waals surface area contributed by atoms with Crippen LogP contribution in [0.2, 0.25) is 0 Å². The Bertz CT molecular complexity index is 398. The summed E-state index contributed by atoms with van der Waals surface area (Å²) in [6, 6.07) is 9.14. The minimum atomic E-state index is -3.26. The molecule has 0 saturated heterocycles. The quantitative estimate of drug-likeness (QED) is 0.856. The van der Waals surface area contributed by atoms with Gasteiger partial charge < -0.3 is 0 Å². The van der Waals surface area contributed by atoms with Crippen LogP contribution >= 0.6 is 0 Å². The van der Waals surface area contributed by atoms with E-state index >= 15 is 0 Å². The third kappa shape index (κ3) is 3.32. The zero-order chi connectivity index (χ0) is 11.5. The van der Waals surface area contributed by atoms with Crippen LogP contribution in [0.15, 0.2) is 30.3 Å². The van der Waals surface area contributed by atoms with Crippen molar-refractivity contribution in [3.63, 3.8) is 0 Å². The van der Waals surface area contributed by atoms with Gasteiger partial charge in [0, 0.05) is 6.04 Å². The summed E-state index contributed by atoms with van der Waals surface area (Å²) in [5, 5.41) is -0.513. The molecule has 0 aliphatic rings. The molecule has 0 heterocycles. The fourth-order valence-corrected chi connectivity index (χ4v) is 2.71. The van der Waals surface area contributed by atoms with Gasteiger partial charge in [-0.1, -0.05) is 30.3 Å². The van der Waals surface area contributed by atoms with Gasteiger partial charge in [0.05, 0.1) is 5.25 Å². The molecule has 84 valence electrons. The topological polar surface area (TPSA) is 46.2 Å². The largest absolute Gasteiger partial charge is 0.218 e. The Balaban J connectivity index is 2.90. The molecule has 1 rings (SSSR count). The third-order valence-electron chi connectivity index (χ3n) is 2.13. The number of sulfonamides is 1. The van der Waals surface area contributed by atoms with Crippen molar-refractivity contribution in [2.45, 2.75) is 32.1 Å². The molecule has 0 aliphatic carbocycles. The average Bonchev–Trinajstić information content (AvgIpc) is 2.16. The molecule has 0 amide bonds. The molecule has 1 aromatic carbocycles. The summed E-state index contributed by atoms with van der Waals surface area (Å²) in [5.74, 6) is 0. The fraction of sp³-hybridized carbons (Fsp3) is 0.455. The Kier molecular flexibility index (Phi) is 3.88. The Hall–Kier alpha value is -0.870. The highest BCUT2D eigenvalue weighted by Gasteiger charge is 2.22. The van der Waals surface area contributed by atoms with Crippen LogP contribution in [0.4, 0.5) is 0 Å². The molecule has 0 fully saturated rings. The first kappa shape index (κ1) is 12.2. The molecule has 1 atom stereocenters. The second-order valence-corrected chi connectivity index (χ2v) is 5.90. The van der Waals surface area contributed by atoms with Crippen molar-refractivity contribution < 1.29 is 8.42 Å². The van der Waals surface area contributed by atoms with Gasteiger partial charge in [-0.05, 0) is 26.3 Å². The van der Waals surface area contributed by atoms with Crippen LogP contribution < -0.4 is 4.72 Å². The van der Waals surface area contributed by atoms with Crippen LogP contribution in [0, 0.1) is 0 Å². The monoisotopic (exact) mass is 227 g/mol. The van der Waals surface area contributed by atoms with E-state index in [1.54, 1.807) is 6.92 Å². The van der Waals surface area contributed by atoms with Crippen LogP contribution in [0.25, 0.3) is 0 Å². The molecule has 4 heteroatoms. The summed E-state index contributed by atoms with van der Waals surface area (Å²) < 4.78 is 26.3. The molecule has 0 bridgehead atoms. The van der Waals surface area contributed by atoms with E-state index < -0.39 is 15.3 Å². The van der Waals surface area contributed by atoms with Crippen LogP contribution in [0.5, 0.6) is 0 Å². The van der Waals surface area contributed by atoms with E-state index in [2.05, 4.69) is 4.72 Å². The highest BCUT2D eigenvalue weighted by molar-refractivity contribution is 7.89. The second-order valence-electron chi connectivity index (χ2n) is 3.87. The Morgan fingerprint density at radius 3 is 2.07 bits per heavy atom. The van der Waals surface area contributed by atoms with Crippen molar-refractivity contribution in [2.75, 3.05) is 0 Å². The first-order valence-corrected chi connectivity index (χ1v) is 6.54. The first-order chi connectivity index (χ1) is 6.93. The highest BCUT2D eigenvalue weighted by atomic mass is 32.2. The summed E-state index contributed by atoms with van der Waals surface area (Å²) in [4.78, 5) is 0. The molecular formula is C11H17NO2S. The summed E-state index contributed by atoms with van der Waals surface area (Å²) in [6.45, 7) is 5.32. The predicted molar refractivity (Wildman–Crippen MR) is 62.0 cm³/mol. The molecular weight excluding hydrogens is 210 g/mol. The van der Waals surface area contributed by atoms with E-state index in [1.807, 2.05) is 44.2 Å². The van der Waals surface area contributed by atoms with Crippen molar-refractivity contribution >= 4 is 10.0 Å². The van der Waals surface area contributed by atoms with Crippen LogP contribution in [0.1, 0.15) is 31.6 Å². The highest BCUT2D eigenvalue weighted by Crippen LogP contribution is 2.20. The van der Waals surface area contributed by atoms with Crippen molar-refractivity contribution in [2.24, 2.45) is 0 Å². The van der Waals surface area contributed by atoms with E-state index in [4.69, 9.17) is 0 Å². The Morgan fingerprint density at radius 1 is 1.07 bits per heavy atom. The standard InChI is InChI=1S/C11H17NO2S/c1-9(2)12-15(13,14)10(3)11-7-5-4-6-8-11/h4-10,12H,1-3H3. The maximum Gasteiger partial charge on any atom is 0.218 e. The SMILES string of the molecule is CC(C)NS(=O)(=O)C(C)c1ccccc1. The molecule has 0 saturated carbocycles. The number of benzene rings is 1. The lowest BCUT2D eigenvalue weighted by Crippen LogP contribution is -2.33. The lowest BCUT2D eigenvalue weighted by Gasteiger charge is -2.16. The molecule has 15 heavy (non-hydrogen) atoms. The number of hydrogen-bond acceptors (Lipinski definition) is 2. The van der Waals surface area contributed by atoms with E-state index in [0.29, 0.717) is 0 Å². The maximum atomic E-state index is 11.8. The zero-order valence-electron chi connectivity index (χ0n) is 9.27.